The van der Waals surface area contributed by atoms with Gasteiger partial charge in [-0.25, -0.2) is 0 Å². The quantitative estimate of drug-likeness (QED) is 0.668. The third-order valence-corrected chi connectivity index (χ3v) is 4.95. The Morgan fingerprint density at radius 2 is 1.89 bits per heavy atom. The van der Waals surface area contributed by atoms with Crippen LogP contribution in [-0.4, -0.2) is 27.7 Å². The Bertz CT molecular complexity index is 537. The van der Waals surface area contributed by atoms with Crippen molar-refractivity contribution in [3.8, 4) is 11.5 Å². The summed E-state index contributed by atoms with van der Waals surface area (Å²) in [5.74, 6) is 0.818. The number of hydrogen-bond donors (Lipinski definition) is 3. The fraction of sp³-hybridized carbons (Fsp3) is 0.600. The maximum absolute atomic E-state index is 10.4. The van der Waals surface area contributed by atoms with E-state index < -0.39 is 17.8 Å². The van der Waals surface area contributed by atoms with Crippen LogP contribution in [0.1, 0.15) is 37.8 Å². The molecule has 0 amide bonds. The van der Waals surface area contributed by atoms with Crippen LogP contribution in [0, 0.1) is 12.3 Å². The van der Waals surface area contributed by atoms with Gasteiger partial charge < -0.3 is 20.1 Å². The van der Waals surface area contributed by atoms with Crippen LogP contribution in [0.15, 0.2) is 12.1 Å². The van der Waals surface area contributed by atoms with Gasteiger partial charge in [0.15, 0.2) is 0 Å². The fourth-order valence-corrected chi connectivity index (χ4v) is 3.87. The molecule has 2 aliphatic rings. The number of phenolic OH excluding ortho intramolecular Hbond substituents is 1. The summed E-state index contributed by atoms with van der Waals surface area (Å²) in [4.78, 5) is 0. The molecule has 0 bridgehead atoms. The Labute approximate surface area is 112 Å². The van der Waals surface area contributed by atoms with E-state index in [-0.39, 0.29) is 11.2 Å². The summed E-state index contributed by atoms with van der Waals surface area (Å²) in [5.41, 5.74) is 0.593. The lowest BCUT2D eigenvalue weighted by atomic mass is 9.64. The largest absolute Gasteiger partial charge is 0.508 e. The molecule has 3 atom stereocenters. The Morgan fingerprint density at radius 3 is 2.47 bits per heavy atom. The highest BCUT2D eigenvalue weighted by Crippen LogP contribution is 2.61. The summed E-state index contributed by atoms with van der Waals surface area (Å²) in [5, 5.41) is 30.4. The van der Waals surface area contributed by atoms with Gasteiger partial charge in [0.2, 0.25) is 6.29 Å². The van der Waals surface area contributed by atoms with Crippen LogP contribution in [-0.2, 0) is 5.41 Å². The number of aliphatic hydroxyl groups excluding tert-OH is 2. The van der Waals surface area contributed by atoms with Gasteiger partial charge in [-0.2, -0.15) is 0 Å². The molecule has 1 aromatic carbocycles. The average Bonchev–Trinajstić information content (AvgIpc) is 2.67. The maximum Gasteiger partial charge on any atom is 0.207 e. The number of aryl methyl sites for hydroxylation is 1. The van der Waals surface area contributed by atoms with E-state index in [9.17, 15) is 15.3 Å². The number of benzene rings is 1. The van der Waals surface area contributed by atoms with Gasteiger partial charge >= 0.3 is 0 Å². The number of aliphatic hydroxyl groups is 2. The zero-order valence-electron chi connectivity index (χ0n) is 11.5. The van der Waals surface area contributed by atoms with Crippen molar-refractivity contribution in [1.29, 1.82) is 0 Å². The molecule has 3 rings (SSSR count). The Kier molecular flexibility index (Phi) is 2.45. The number of ether oxygens (including phenoxy) is 1. The number of rotatable bonds is 0. The molecular weight excluding hydrogens is 244 g/mol. The molecule has 19 heavy (non-hydrogen) atoms. The highest BCUT2D eigenvalue weighted by Gasteiger charge is 2.62. The second-order valence-electron chi connectivity index (χ2n) is 6.52. The molecule has 1 fully saturated rings. The molecule has 0 aromatic heterocycles. The standard InChI is InChI=1S/C15H20O4/c1-8-4-12-10(5-11(8)17)15(13(18)19-12)7-9(16)6-14(15,2)3/h4-5,9,13,16-18H,6-7H2,1-3H3. The number of phenols is 1. The van der Waals surface area contributed by atoms with Crippen molar-refractivity contribution in [2.24, 2.45) is 5.41 Å². The van der Waals surface area contributed by atoms with Crippen LogP contribution >= 0.6 is 0 Å². The molecule has 4 nitrogen and oxygen atoms in total. The number of hydrogen-bond acceptors (Lipinski definition) is 4. The molecule has 0 saturated heterocycles. The van der Waals surface area contributed by atoms with E-state index >= 15 is 0 Å². The van der Waals surface area contributed by atoms with Crippen molar-refractivity contribution in [3.63, 3.8) is 0 Å². The summed E-state index contributed by atoms with van der Waals surface area (Å²) in [6, 6.07) is 3.43. The van der Waals surface area contributed by atoms with E-state index in [2.05, 4.69) is 0 Å². The van der Waals surface area contributed by atoms with Gasteiger partial charge in [0.1, 0.15) is 11.5 Å². The van der Waals surface area contributed by atoms with Crippen LogP contribution in [0.4, 0.5) is 0 Å². The number of fused-ring (bicyclic) bond motifs is 2. The van der Waals surface area contributed by atoms with Crippen LogP contribution in [0.2, 0.25) is 0 Å². The minimum absolute atomic E-state index is 0.202. The van der Waals surface area contributed by atoms with E-state index in [1.54, 1.807) is 19.1 Å². The second-order valence-corrected chi connectivity index (χ2v) is 6.52. The molecule has 4 heteroatoms. The van der Waals surface area contributed by atoms with Gasteiger partial charge in [-0.1, -0.05) is 13.8 Å². The molecule has 3 unspecified atom stereocenters. The lowest BCUT2D eigenvalue weighted by Crippen LogP contribution is -2.46. The van der Waals surface area contributed by atoms with Crippen molar-refractivity contribution in [1.82, 2.24) is 0 Å². The fourth-order valence-electron chi connectivity index (χ4n) is 3.87. The molecule has 1 saturated carbocycles. The first-order chi connectivity index (χ1) is 8.78. The lowest BCUT2D eigenvalue weighted by molar-refractivity contribution is -0.0875. The summed E-state index contributed by atoms with van der Waals surface area (Å²) < 4.78 is 5.60. The molecular formula is C15H20O4. The van der Waals surface area contributed by atoms with Crippen LogP contribution in [0.5, 0.6) is 11.5 Å². The van der Waals surface area contributed by atoms with Crippen molar-refractivity contribution >= 4 is 0 Å². The normalized spacial score (nSPS) is 35.4. The molecule has 1 heterocycles. The van der Waals surface area contributed by atoms with Gasteiger partial charge in [-0.3, -0.25) is 0 Å². The molecule has 1 spiro atoms. The topological polar surface area (TPSA) is 69.9 Å². The molecule has 0 radical (unpaired) electrons. The highest BCUT2D eigenvalue weighted by atomic mass is 16.6. The van der Waals surface area contributed by atoms with Gasteiger partial charge in [0.05, 0.1) is 11.5 Å². The molecule has 1 aromatic rings. The maximum atomic E-state index is 10.4. The van der Waals surface area contributed by atoms with Crippen LogP contribution in [0.3, 0.4) is 0 Å². The van der Waals surface area contributed by atoms with Crippen molar-refractivity contribution in [2.45, 2.75) is 51.4 Å². The van der Waals surface area contributed by atoms with Gasteiger partial charge in [-0.05, 0) is 42.9 Å². The first-order valence-corrected chi connectivity index (χ1v) is 6.65. The van der Waals surface area contributed by atoms with Gasteiger partial charge in [0, 0.05) is 5.56 Å². The van der Waals surface area contributed by atoms with Crippen LogP contribution in [0.25, 0.3) is 0 Å². The smallest absolute Gasteiger partial charge is 0.207 e. The highest BCUT2D eigenvalue weighted by molar-refractivity contribution is 5.53. The molecule has 104 valence electrons. The van der Waals surface area contributed by atoms with E-state index in [1.165, 1.54) is 0 Å². The average molecular weight is 264 g/mol. The summed E-state index contributed by atoms with van der Waals surface area (Å²) in [7, 11) is 0. The molecule has 1 aliphatic carbocycles. The minimum atomic E-state index is -0.976. The second kappa shape index (κ2) is 3.64. The van der Waals surface area contributed by atoms with Crippen molar-refractivity contribution in [3.05, 3.63) is 23.3 Å². The Hall–Kier alpha value is -1.26. The summed E-state index contributed by atoms with van der Waals surface area (Å²) in [6.07, 6.45) is -0.364. The van der Waals surface area contributed by atoms with Crippen molar-refractivity contribution < 1.29 is 20.1 Å². The van der Waals surface area contributed by atoms with Gasteiger partial charge in [0.25, 0.3) is 0 Å². The first kappa shape index (κ1) is 12.8. The van der Waals surface area contributed by atoms with E-state index in [0.29, 0.717) is 18.6 Å². The Balaban J connectivity index is 2.23. The SMILES string of the molecule is Cc1cc2c(cc1O)C1(CC(O)CC1(C)C)C(O)O2. The van der Waals surface area contributed by atoms with Crippen molar-refractivity contribution in [2.75, 3.05) is 0 Å². The summed E-state index contributed by atoms with van der Waals surface area (Å²) >= 11 is 0. The lowest BCUT2D eigenvalue weighted by Gasteiger charge is -2.39. The zero-order chi connectivity index (χ0) is 14.0. The van der Waals surface area contributed by atoms with Crippen LogP contribution < -0.4 is 4.74 Å². The third-order valence-electron chi connectivity index (χ3n) is 4.95. The minimum Gasteiger partial charge on any atom is -0.508 e. The Morgan fingerprint density at radius 1 is 1.21 bits per heavy atom. The van der Waals surface area contributed by atoms with E-state index in [1.807, 2.05) is 13.8 Å². The molecule has 3 N–H and O–H groups in total. The monoisotopic (exact) mass is 264 g/mol. The summed E-state index contributed by atoms with van der Waals surface area (Å²) in [6.45, 7) is 5.86. The van der Waals surface area contributed by atoms with E-state index in [0.717, 1.165) is 11.1 Å². The zero-order valence-corrected chi connectivity index (χ0v) is 11.5. The van der Waals surface area contributed by atoms with Gasteiger partial charge in [-0.15, -0.1) is 0 Å². The third kappa shape index (κ3) is 1.47. The first-order valence-electron chi connectivity index (χ1n) is 6.65. The number of aromatic hydroxyl groups is 1. The molecule has 1 aliphatic heterocycles. The predicted octanol–water partition coefficient (Wildman–Crippen LogP) is 1.83. The van der Waals surface area contributed by atoms with E-state index in [4.69, 9.17) is 4.74 Å². The predicted molar refractivity (Wildman–Crippen MR) is 70.2 cm³/mol.